The van der Waals surface area contributed by atoms with Crippen LogP contribution in [0.15, 0.2) is 6.20 Å². The summed E-state index contributed by atoms with van der Waals surface area (Å²) in [7, 11) is 1.69. The number of aromatic nitrogens is 2. The first-order valence-corrected chi connectivity index (χ1v) is 5.05. The second-order valence-corrected chi connectivity index (χ2v) is 3.67. The van der Waals surface area contributed by atoms with Crippen LogP contribution in [0.2, 0.25) is 0 Å². The molecule has 0 radical (unpaired) electrons. The maximum absolute atomic E-state index is 8.96. The monoisotopic (exact) mass is 219 g/mol. The minimum absolute atomic E-state index is 0.200. The molecule has 1 unspecified atom stereocenters. The summed E-state index contributed by atoms with van der Waals surface area (Å²) in [4.78, 5) is 10.1. The predicted octanol–water partition coefficient (Wildman–Crippen LogP) is 0.156. The maximum atomic E-state index is 8.96. The second kappa shape index (κ2) is 4.33. The summed E-state index contributed by atoms with van der Waals surface area (Å²) in [6, 6.07) is 2.01. The molecule has 0 aliphatic carbocycles. The third kappa shape index (κ3) is 1.90. The molecule has 0 bridgehead atoms. The summed E-state index contributed by atoms with van der Waals surface area (Å²) in [5, 5.41) is 8.96. The van der Waals surface area contributed by atoms with E-state index < -0.39 is 0 Å². The van der Waals surface area contributed by atoms with Crippen molar-refractivity contribution in [3.63, 3.8) is 0 Å². The van der Waals surface area contributed by atoms with E-state index in [1.54, 1.807) is 7.11 Å². The molecule has 1 aliphatic rings. The number of anilines is 2. The fraction of sp³-hybridized carbons (Fsp3) is 0.500. The van der Waals surface area contributed by atoms with E-state index >= 15 is 0 Å². The van der Waals surface area contributed by atoms with Gasteiger partial charge in [-0.25, -0.2) is 9.97 Å². The van der Waals surface area contributed by atoms with E-state index in [-0.39, 0.29) is 17.6 Å². The van der Waals surface area contributed by atoms with Gasteiger partial charge in [0.2, 0.25) is 0 Å². The number of rotatable bonds is 2. The molecule has 1 aromatic rings. The predicted molar refractivity (Wildman–Crippen MR) is 58.8 cm³/mol. The van der Waals surface area contributed by atoms with Gasteiger partial charge in [0.25, 0.3) is 0 Å². The summed E-state index contributed by atoms with van der Waals surface area (Å²) in [6.07, 6.45) is 2.61. The lowest BCUT2D eigenvalue weighted by molar-refractivity contribution is 0.121. The first-order valence-electron chi connectivity index (χ1n) is 5.05. The van der Waals surface area contributed by atoms with Crippen LogP contribution in [-0.4, -0.2) is 36.3 Å². The fourth-order valence-electron chi connectivity index (χ4n) is 1.82. The van der Waals surface area contributed by atoms with Gasteiger partial charge in [-0.1, -0.05) is 0 Å². The zero-order valence-corrected chi connectivity index (χ0v) is 9.05. The molecule has 1 aromatic heterocycles. The van der Waals surface area contributed by atoms with Crippen LogP contribution in [0.4, 0.5) is 11.6 Å². The van der Waals surface area contributed by atoms with Gasteiger partial charge < -0.3 is 15.4 Å². The van der Waals surface area contributed by atoms with E-state index in [0.29, 0.717) is 5.82 Å². The number of hydrogen-bond donors (Lipinski definition) is 1. The average Bonchev–Trinajstić information content (AvgIpc) is 2.77. The molecule has 1 fully saturated rings. The lowest BCUT2D eigenvalue weighted by Crippen LogP contribution is -2.24. The van der Waals surface area contributed by atoms with Crippen LogP contribution in [0.1, 0.15) is 12.1 Å². The number of ether oxygens (including phenoxy) is 1. The fourth-order valence-corrected chi connectivity index (χ4v) is 1.82. The van der Waals surface area contributed by atoms with Gasteiger partial charge in [0.15, 0.2) is 11.5 Å². The van der Waals surface area contributed by atoms with Gasteiger partial charge in [-0.3, -0.25) is 0 Å². The van der Waals surface area contributed by atoms with Gasteiger partial charge in [0, 0.05) is 20.2 Å². The van der Waals surface area contributed by atoms with E-state index in [1.807, 2.05) is 11.0 Å². The number of nitriles is 1. The number of nitrogens with two attached hydrogens (primary N) is 1. The van der Waals surface area contributed by atoms with Crippen molar-refractivity contribution in [1.29, 1.82) is 5.26 Å². The van der Waals surface area contributed by atoms with Crippen molar-refractivity contribution in [2.45, 2.75) is 12.5 Å². The third-order valence-corrected chi connectivity index (χ3v) is 2.66. The maximum Gasteiger partial charge on any atom is 0.185 e. The largest absolute Gasteiger partial charge is 0.382 e. The van der Waals surface area contributed by atoms with Crippen LogP contribution in [0.3, 0.4) is 0 Å². The quantitative estimate of drug-likeness (QED) is 0.762. The Morgan fingerprint density at radius 2 is 2.50 bits per heavy atom. The lowest BCUT2D eigenvalue weighted by atomic mass is 10.3. The molecule has 1 aliphatic heterocycles. The molecule has 0 amide bonds. The highest BCUT2D eigenvalue weighted by molar-refractivity contribution is 5.53. The Labute approximate surface area is 93.7 Å². The Morgan fingerprint density at radius 1 is 1.69 bits per heavy atom. The summed E-state index contributed by atoms with van der Waals surface area (Å²) >= 11 is 0. The Kier molecular flexibility index (Phi) is 2.88. The molecule has 0 saturated carbocycles. The molecule has 6 heteroatoms. The van der Waals surface area contributed by atoms with Gasteiger partial charge in [-0.15, -0.1) is 0 Å². The van der Waals surface area contributed by atoms with Crippen LogP contribution < -0.4 is 10.6 Å². The summed E-state index contributed by atoms with van der Waals surface area (Å²) in [5.74, 6) is 0.860. The van der Waals surface area contributed by atoms with E-state index in [4.69, 9.17) is 15.7 Å². The SMILES string of the molecule is COC1CCN(c2ncc(N)nc2C#N)C1. The Hall–Kier alpha value is -1.87. The second-order valence-electron chi connectivity index (χ2n) is 3.67. The Balaban J connectivity index is 2.25. The molecule has 1 saturated heterocycles. The van der Waals surface area contributed by atoms with Crippen LogP contribution in [0.25, 0.3) is 0 Å². The van der Waals surface area contributed by atoms with E-state index in [0.717, 1.165) is 19.5 Å². The molecular formula is C10H13N5O. The molecule has 16 heavy (non-hydrogen) atoms. The van der Waals surface area contributed by atoms with Gasteiger partial charge in [0.05, 0.1) is 12.3 Å². The minimum atomic E-state index is 0.200. The van der Waals surface area contributed by atoms with Crippen LogP contribution in [-0.2, 0) is 4.74 Å². The van der Waals surface area contributed by atoms with E-state index in [2.05, 4.69) is 9.97 Å². The molecule has 84 valence electrons. The first kappa shape index (κ1) is 10.6. The van der Waals surface area contributed by atoms with Crippen molar-refractivity contribution in [1.82, 2.24) is 9.97 Å². The number of nitrogen functional groups attached to an aromatic ring is 1. The van der Waals surface area contributed by atoms with Crippen LogP contribution in [0, 0.1) is 11.3 Å². The van der Waals surface area contributed by atoms with E-state index in [1.165, 1.54) is 6.20 Å². The average molecular weight is 219 g/mol. The minimum Gasteiger partial charge on any atom is -0.382 e. The number of nitrogens with zero attached hydrogens (tertiary/aromatic N) is 4. The zero-order valence-electron chi connectivity index (χ0n) is 9.05. The highest BCUT2D eigenvalue weighted by atomic mass is 16.5. The highest BCUT2D eigenvalue weighted by Gasteiger charge is 2.25. The Bertz CT molecular complexity index is 428. The molecule has 2 heterocycles. The van der Waals surface area contributed by atoms with Crippen LogP contribution >= 0.6 is 0 Å². The van der Waals surface area contributed by atoms with Crippen molar-refractivity contribution in [3.8, 4) is 6.07 Å². The van der Waals surface area contributed by atoms with E-state index in [9.17, 15) is 0 Å². The summed E-state index contributed by atoms with van der Waals surface area (Å²) < 4.78 is 5.26. The normalized spacial score (nSPS) is 19.8. The van der Waals surface area contributed by atoms with Crippen molar-refractivity contribution >= 4 is 11.6 Å². The molecule has 6 nitrogen and oxygen atoms in total. The summed E-state index contributed by atoms with van der Waals surface area (Å²) in [6.45, 7) is 1.57. The number of hydrogen-bond acceptors (Lipinski definition) is 6. The Morgan fingerprint density at radius 3 is 3.12 bits per heavy atom. The lowest BCUT2D eigenvalue weighted by Gasteiger charge is -2.17. The molecule has 2 N–H and O–H groups in total. The summed E-state index contributed by atoms with van der Waals surface area (Å²) in [5.41, 5.74) is 5.76. The molecule has 0 aromatic carbocycles. The van der Waals surface area contributed by atoms with Crippen molar-refractivity contribution in [2.24, 2.45) is 0 Å². The van der Waals surface area contributed by atoms with Crippen molar-refractivity contribution < 1.29 is 4.74 Å². The van der Waals surface area contributed by atoms with Gasteiger partial charge >= 0.3 is 0 Å². The molecule has 0 spiro atoms. The highest BCUT2D eigenvalue weighted by Crippen LogP contribution is 2.22. The van der Waals surface area contributed by atoms with Gasteiger partial charge in [0.1, 0.15) is 11.9 Å². The van der Waals surface area contributed by atoms with Gasteiger partial charge in [-0.05, 0) is 6.42 Å². The zero-order chi connectivity index (χ0) is 11.5. The smallest absolute Gasteiger partial charge is 0.185 e. The molecule has 2 rings (SSSR count). The molecular weight excluding hydrogens is 206 g/mol. The van der Waals surface area contributed by atoms with Crippen LogP contribution in [0.5, 0.6) is 0 Å². The van der Waals surface area contributed by atoms with Crippen molar-refractivity contribution in [2.75, 3.05) is 30.8 Å². The number of methoxy groups -OCH3 is 1. The third-order valence-electron chi connectivity index (χ3n) is 2.66. The van der Waals surface area contributed by atoms with Crippen molar-refractivity contribution in [3.05, 3.63) is 11.9 Å². The molecule has 1 atom stereocenters. The standard InChI is InChI=1S/C10H13N5O/c1-16-7-2-3-15(6-7)10-8(4-11)14-9(12)5-13-10/h5,7H,2-3,6H2,1H3,(H2,12,14). The topological polar surface area (TPSA) is 88.1 Å². The first-order chi connectivity index (χ1) is 7.74. The van der Waals surface area contributed by atoms with Gasteiger partial charge in [-0.2, -0.15) is 5.26 Å².